The fourth-order valence-electron chi connectivity index (χ4n) is 4.13. The molecule has 3 heteroatoms. The molecule has 1 aliphatic carbocycles. The lowest BCUT2D eigenvalue weighted by Gasteiger charge is -2.46. The molecule has 0 amide bonds. The molecule has 0 aliphatic heterocycles. The van der Waals surface area contributed by atoms with Gasteiger partial charge in [-0.25, -0.2) is 4.98 Å². The van der Waals surface area contributed by atoms with Crippen LogP contribution in [0.15, 0.2) is 18.7 Å². The van der Waals surface area contributed by atoms with Crippen molar-refractivity contribution >= 4 is 0 Å². The Morgan fingerprint density at radius 3 is 2.42 bits per heavy atom. The summed E-state index contributed by atoms with van der Waals surface area (Å²) in [6.45, 7) is 12.9. The minimum absolute atomic E-state index is 0.453. The SMILES string of the molecule is CC(Cn1ccnc1)NC1CC(C)(C)CC(C)(C)C1. The number of imidazole rings is 1. The van der Waals surface area contributed by atoms with Crippen LogP contribution in [0, 0.1) is 10.8 Å². The number of aromatic nitrogens is 2. The van der Waals surface area contributed by atoms with Crippen LogP contribution in [-0.2, 0) is 6.54 Å². The van der Waals surface area contributed by atoms with Gasteiger partial charge in [-0.15, -0.1) is 0 Å². The number of hydrogen-bond donors (Lipinski definition) is 1. The maximum absolute atomic E-state index is 4.10. The molecule has 1 aromatic rings. The summed E-state index contributed by atoms with van der Waals surface area (Å²) >= 11 is 0. The van der Waals surface area contributed by atoms with Crippen molar-refractivity contribution in [1.29, 1.82) is 0 Å². The van der Waals surface area contributed by atoms with E-state index in [4.69, 9.17) is 0 Å². The van der Waals surface area contributed by atoms with Crippen LogP contribution in [-0.4, -0.2) is 21.6 Å². The maximum atomic E-state index is 4.10. The fourth-order valence-corrected chi connectivity index (χ4v) is 4.13. The molecule has 1 unspecified atom stereocenters. The highest BCUT2D eigenvalue weighted by molar-refractivity contribution is 4.93. The minimum Gasteiger partial charge on any atom is -0.336 e. The summed E-state index contributed by atoms with van der Waals surface area (Å²) in [5.41, 5.74) is 0.905. The molecule has 0 aromatic carbocycles. The first-order valence-corrected chi connectivity index (χ1v) is 7.48. The molecule has 0 bridgehead atoms. The van der Waals surface area contributed by atoms with Crippen LogP contribution in [0.2, 0.25) is 0 Å². The molecule has 1 atom stereocenters. The number of hydrogen-bond acceptors (Lipinski definition) is 2. The van der Waals surface area contributed by atoms with Gasteiger partial charge in [0.05, 0.1) is 6.33 Å². The molecule has 19 heavy (non-hydrogen) atoms. The number of nitrogens with one attached hydrogen (secondary N) is 1. The quantitative estimate of drug-likeness (QED) is 0.901. The van der Waals surface area contributed by atoms with Crippen molar-refractivity contribution in [3.05, 3.63) is 18.7 Å². The summed E-state index contributed by atoms with van der Waals surface area (Å²) in [7, 11) is 0. The Hall–Kier alpha value is -0.830. The van der Waals surface area contributed by atoms with Crippen LogP contribution in [0.3, 0.4) is 0 Å². The molecule has 1 heterocycles. The third-order valence-electron chi connectivity index (χ3n) is 4.12. The summed E-state index contributed by atoms with van der Waals surface area (Å²) in [6, 6.07) is 1.13. The van der Waals surface area contributed by atoms with E-state index in [1.807, 2.05) is 18.7 Å². The van der Waals surface area contributed by atoms with Gasteiger partial charge in [0.1, 0.15) is 0 Å². The van der Waals surface area contributed by atoms with Gasteiger partial charge in [0.15, 0.2) is 0 Å². The lowest BCUT2D eigenvalue weighted by Crippen LogP contribution is -2.47. The first-order valence-electron chi connectivity index (χ1n) is 7.48. The summed E-state index contributed by atoms with van der Waals surface area (Å²) < 4.78 is 2.15. The normalized spacial score (nSPS) is 24.3. The second-order valence-electron chi connectivity index (χ2n) is 7.94. The van der Waals surface area contributed by atoms with E-state index < -0.39 is 0 Å². The van der Waals surface area contributed by atoms with E-state index in [0.717, 1.165) is 6.54 Å². The average Bonchev–Trinajstić information content (AvgIpc) is 2.63. The molecule has 0 saturated heterocycles. The first kappa shape index (κ1) is 14.6. The third-order valence-corrected chi connectivity index (χ3v) is 4.12. The molecule has 2 rings (SSSR count). The highest BCUT2D eigenvalue weighted by atomic mass is 15.1. The molecule has 0 spiro atoms. The van der Waals surface area contributed by atoms with E-state index in [9.17, 15) is 0 Å². The third kappa shape index (κ3) is 4.34. The fraction of sp³-hybridized carbons (Fsp3) is 0.812. The second-order valence-corrected chi connectivity index (χ2v) is 7.94. The van der Waals surface area contributed by atoms with Gasteiger partial charge < -0.3 is 9.88 Å². The van der Waals surface area contributed by atoms with Gasteiger partial charge in [0.25, 0.3) is 0 Å². The zero-order valence-corrected chi connectivity index (χ0v) is 13.1. The van der Waals surface area contributed by atoms with Crippen LogP contribution < -0.4 is 5.32 Å². The Morgan fingerprint density at radius 1 is 1.26 bits per heavy atom. The smallest absolute Gasteiger partial charge is 0.0946 e. The number of nitrogens with zero attached hydrogens (tertiary/aromatic N) is 2. The Kier molecular flexibility index (Phi) is 4.05. The zero-order chi connectivity index (χ0) is 14.1. The predicted octanol–water partition coefficient (Wildman–Crippen LogP) is 3.47. The molecule has 3 nitrogen and oxygen atoms in total. The monoisotopic (exact) mass is 263 g/mol. The minimum atomic E-state index is 0.453. The largest absolute Gasteiger partial charge is 0.336 e. The summed E-state index contributed by atoms with van der Waals surface area (Å²) in [6.07, 6.45) is 9.67. The lowest BCUT2D eigenvalue weighted by atomic mass is 9.63. The highest BCUT2D eigenvalue weighted by Gasteiger charge is 2.38. The molecule has 1 fully saturated rings. The average molecular weight is 263 g/mol. The van der Waals surface area contributed by atoms with Gasteiger partial charge >= 0.3 is 0 Å². The lowest BCUT2D eigenvalue weighted by molar-refractivity contribution is 0.0802. The van der Waals surface area contributed by atoms with Gasteiger partial charge in [0, 0.05) is 31.0 Å². The van der Waals surface area contributed by atoms with Crippen molar-refractivity contribution in [3.63, 3.8) is 0 Å². The van der Waals surface area contributed by atoms with Crippen LogP contribution in [0.4, 0.5) is 0 Å². The van der Waals surface area contributed by atoms with E-state index >= 15 is 0 Å². The second kappa shape index (κ2) is 5.28. The molecular formula is C16H29N3. The molecular weight excluding hydrogens is 234 g/mol. The van der Waals surface area contributed by atoms with Crippen molar-refractivity contribution in [2.75, 3.05) is 0 Å². The molecule has 1 N–H and O–H groups in total. The van der Waals surface area contributed by atoms with Crippen LogP contribution in [0.25, 0.3) is 0 Å². The van der Waals surface area contributed by atoms with Gasteiger partial charge in [0.2, 0.25) is 0 Å². The van der Waals surface area contributed by atoms with Gasteiger partial charge in [-0.1, -0.05) is 27.7 Å². The molecule has 0 radical (unpaired) electrons. The van der Waals surface area contributed by atoms with E-state index in [2.05, 4.69) is 49.5 Å². The predicted molar refractivity (Wildman–Crippen MR) is 80.0 cm³/mol. The van der Waals surface area contributed by atoms with Crippen LogP contribution in [0.1, 0.15) is 53.9 Å². The Bertz CT molecular complexity index is 376. The van der Waals surface area contributed by atoms with E-state index in [1.165, 1.54) is 19.3 Å². The van der Waals surface area contributed by atoms with Crippen LogP contribution in [0.5, 0.6) is 0 Å². The van der Waals surface area contributed by atoms with Crippen molar-refractivity contribution in [2.24, 2.45) is 10.8 Å². The van der Waals surface area contributed by atoms with Crippen molar-refractivity contribution in [3.8, 4) is 0 Å². The summed E-state index contributed by atoms with van der Waals surface area (Å²) in [4.78, 5) is 4.10. The van der Waals surface area contributed by atoms with E-state index in [0.29, 0.717) is 22.9 Å². The molecule has 108 valence electrons. The van der Waals surface area contributed by atoms with Gasteiger partial charge in [-0.3, -0.25) is 0 Å². The topological polar surface area (TPSA) is 29.9 Å². The van der Waals surface area contributed by atoms with Crippen molar-refractivity contribution in [2.45, 2.75) is 72.5 Å². The molecule has 1 saturated carbocycles. The summed E-state index contributed by atoms with van der Waals surface area (Å²) in [5, 5.41) is 3.82. The van der Waals surface area contributed by atoms with E-state index in [-0.39, 0.29) is 0 Å². The van der Waals surface area contributed by atoms with E-state index in [1.54, 1.807) is 0 Å². The Morgan fingerprint density at radius 2 is 1.89 bits per heavy atom. The molecule has 1 aliphatic rings. The highest BCUT2D eigenvalue weighted by Crippen LogP contribution is 2.45. The van der Waals surface area contributed by atoms with Gasteiger partial charge in [-0.2, -0.15) is 0 Å². The first-order chi connectivity index (χ1) is 8.76. The zero-order valence-electron chi connectivity index (χ0n) is 13.1. The van der Waals surface area contributed by atoms with Crippen LogP contribution >= 0.6 is 0 Å². The summed E-state index contributed by atoms with van der Waals surface area (Å²) in [5.74, 6) is 0. The van der Waals surface area contributed by atoms with Crippen molar-refractivity contribution in [1.82, 2.24) is 14.9 Å². The Balaban J connectivity index is 1.91. The van der Waals surface area contributed by atoms with Gasteiger partial charge in [-0.05, 0) is 37.0 Å². The maximum Gasteiger partial charge on any atom is 0.0946 e. The molecule has 1 aromatic heterocycles. The Labute approximate surface area is 117 Å². The standard InChI is InChI=1S/C16H29N3/c1-13(10-19-7-6-17-12-19)18-14-8-15(2,3)11-16(4,5)9-14/h6-7,12-14,18H,8-11H2,1-5H3. The van der Waals surface area contributed by atoms with Crippen molar-refractivity contribution < 1.29 is 0 Å². The number of rotatable bonds is 4.